The Morgan fingerprint density at radius 1 is 1.52 bits per heavy atom. The van der Waals surface area contributed by atoms with Crippen molar-refractivity contribution in [2.24, 2.45) is 0 Å². The molecule has 1 saturated heterocycles. The largest absolute Gasteiger partial charge is 0.481 e. The van der Waals surface area contributed by atoms with Gasteiger partial charge in [-0.3, -0.25) is 14.9 Å². The lowest BCUT2D eigenvalue weighted by Gasteiger charge is -2.36. The van der Waals surface area contributed by atoms with E-state index in [1.54, 1.807) is 12.1 Å². The third kappa shape index (κ3) is 3.28. The number of nitrogens with zero attached hydrogens (tertiary/aromatic N) is 3. The maximum Gasteiger partial charge on any atom is 0.305 e. The molecule has 1 aromatic rings. The van der Waals surface area contributed by atoms with Gasteiger partial charge in [0, 0.05) is 24.3 Å². The first-order valence-electron chi connectivity index (χ1n) is 6.70. The molecule has 110 valence electrons. The van der Waals surface area contributed by atoms with E-state index in [2.05, 4.69) is 0 Å². The number of nitro groups is 1. The zero-order chi connectivity index (χ0) is 15.4. The Labute approximate surface area is 121 Å². The zero-order valence-corrected chi connectivity index (χ0v) is 11.4. The molecule has 1 heterocycles. The number of carboxylic acid groups (broad SMARTS) is 1. The topological polar surface area (TPSA) is 107 Å². The van der Waals surface area contributed by atoms with E-state index in [4.69, 9.17) is 10.4 Å². The van der Waals surface area contributed by atoms with E-state index in [-0.39, 0.29) is 23.7 Å². The maximum atomic E-state index is 11.0. The van der Waals surface area contributed by atoms with E-state index >= 15 is 0 Å². The van der Waals surface area contributed by atoms with Crippen molar-refractivity contribution in [2.45, 2.75) is 31.7 Å². The van der Waals surface area contributed by atoms with Gasteiger partial charge in [0.2, 0.25) is 0 Å². The second-order valence-electron chi connectivity index (χ2n) is 5.01. The summed E-state index contributed by atoms with van der Waals surface area (Å²) in [4.78, 5) is 23.3. The van der Waals surface area contributed by atoms with Crippen LogP contribution in [-0.4, -0.2) is 28.6 Å². The Hall–Kier alpha value is -2.62. The van der Waals surface area contributed by atoms with Crippen molar-refractivity contribution < 1.29 is 14.8 Å². The van der Waals surface area contributed by atoms with Crippen LogP contribution in [0.15, 0.2) is 18.2 Å². The number of hydrogen-bond donors (Lipinski definition) is 1. The number of carboxylic acids is 1. The molecule has 0 radical (unpaired) electrons. The molecule has 1 atom stereocenters. The van der Waals surface area contributed by atoms with Crippen LogP contribution in [0.25, 0.3) is 0 Å². The second kappa shape index (κ2) is 6.22. The first kappa shape index (κ1) is 14.8. The van der Waals surface area contributed by atoms with Crippen LogP contribution in [0.2, 0.25) is 0 Å². The predicted octanol–water partition coefficient (Wildman–Crippen LogP) is 2.30. The summed E-state index contributed by atoms with van der Waals surface area (Å²) in [5.74, 6) is -0.880. The van der Waals surface area contributed by atoms with Gasteiger partial charge in [0.25, 0.3) is 5.69 Å². The Kier molecular flexibility index (Phi) is 4.38. The fourth-order valence-electron chi connectivity index (χ4n) is 2.70. The van der Waals surface area contributed by atoms with Gasteiger partial charge in [-0.25, -0.2) is 0 Å². The normalized spacial score (nSPS) is 18.0. The average Bonchev–Trinajstić information content (AvgIpc) is 2.46. The highest BCUT2D eigenvalue weighted by Gasteiger charge is 2.26. The molecule has 7 heteroatoms. The van der Waals surface area contributed by atoms with Crippen molar-refractivity contribution in [1.82, 2.24) is 0 Å². The van der Waals surface area contributed by atoms with Gasteiger partial charge in [-0.15, -0.1) is 0 Å². The summed E-state index contributed by atoms with van der Waals surface area (Å²) in [6.45, 7) is 0.668. The standard InChI is InChI=1S/C14H15N3O4/c15-9-10-4-5-12(7-13(10)17(20)21)16-6-2-1-3-11(16)8-14(18)19/h4-5,7,11H,1-3,6,8H2,(H,18,19). The van der Waals surface area contributed by atoms with Gasteiger partial charge in [0.05, 0.1) is 11.3 Å². The molecule has 0 aromatic heterocycles. The predicted molar refractivity (Wildman–Crippen MR) is 75.0 cm³/mol. The fraction of sp³-hybridized carbons (Fsp3) is 0.429. The van der Waals surface area contributed by atoms with E-state index in [0.29, 0.717) is 12.2 Å². The minimum absolute atomic E-state index is 0.00774. The first-order valence-corrected chi connectivity index (χ1v) is 6.70. The molecule has 2 rings (SSSR count). The molecule has 1 N–H and O–H groups in total. The molecule has 0 spiro atoms. The van der Waals surface area contributed by atoms with Crippen LogP contribution in [0.4, 0.5) is 11.4 Å². The van der Waals surface area contributed by atoms with E-state index in [1.807, 2.05) is 4.90 Å². The SMILES string of the molecule is N#Cc1ccc(N2CCCCC2CC(=O)O)cc1[N+](=O)[O-]. The lowest BCUT2D eigenvalue weighted by atomic mass is 9.98. The van der Waals surface area contributed by atoms with Crippen molar-refractivity contribution in [3.63, 3.8) is 0 Å². The number of piperidine rings is 1. The average molecular weight is 289 g/mol. The van der Waals surface area contributed by atoms with Crippen LogP contribution >= 0.6 is 0 Å². The van der Waals surface area contributed by atoms with E-state index < -0.39 is 10.9 Å². The van der Waals surface area contributed by atoms with Crippen LogP contribution in [0.1, 0.15) is 31.2 Å². The lowest BCUT2D eigenvalue weighted by Crippen LogP contribution is -2.40. The third-order valence-electron chi connectivity index (χ3n) is 3.67. The quantitative estimate of drug-likeness (QED) is 0.673. The molecule has 1 fully saturated rings. The summed E-state index contributed by atoms with van der Waals surface area (Å²) in [5, 5.41) is 28.9. The molecule has 1 aliphatic heterocycles. The summed E-state index contributed by atoms with van der Waals surface area (Å²) < 4.78 is 0. The molecule has 7 nitrogen and oxygen atoms in total. The number of hydrogen-bond acceptors (Lipinski definition) is 5. The minimum atomic E-state index is -0.880. The van der Waals surface area contributed by atoms with Crippen molar-refractivity contribution in [3.8, 4) is 6.07 Å². The third-order valence-corrected chi connectivity index (χ3v) is 3.67. The van der Waals surface area contributed by atoms with Gasteiger partial charge in [-0.05, 0) is 31.4 Å². The summed E-state index contributed by atoms with van der Waals surface area (Å²) >= 11 is 0. The van der Waals surface area contributed by atoms with Crippen molar-refractivity contribution in [3.05, 3.63) is 33.9 Å². The van der Waals surface area contributed by atoms with Crippen LogP contribution in [0, 0.1) is 21.4 Å². The number of aliphatic carboxylic acids is 1. The molecular weight excluding hydrogens is 274 g/mol. The molecule has 1 aliphatic rings. The molecule has 0 bridgehead atoms. The van der Waals surface area contributed by atoms with Gasteiger partial charge in [0.15, 0.2) is 0 Å². The highest BCUT2D eigenvalue weighted by atomic mass is 16.6. The van der Waals surface area contributed by atoms with E-state index in [1.165, 1.54) is 12.1 Å². The second-order valence-corrected chi connectivity index (χ2v) is 5.01. The highest BCUT2D eigenvalue weighted by molar-refractivity contribution is 5.69. The summed E-state index contributed by atoms with van der Waals surface area (Å²) in [5.41, 5.74) is 0.372. The molecule has 21 heavy (non-hydrogen) atoms. The monoisotopic (exact) mass is 289 g/mol. The van der Waals surface area contributed by atoms with Crippen molar-refractivity contribution in [1.29, 1.82) is 5.26 Å². The van der Waals surface area contributed by atoms with Crippen molar-refractivity contribution >= 4 is 17.3 Å². The highest BCUT2D eigenvalue weighted by Crippen LogP contribution is 2.30. The number of benzene rings is 1. The van der Waals surface area contributed by atoms with E-state index in [9.17, 15) is 14.9 Å². The molecule has 1 unspecified atom stereocenters. The Morgan fingerprint density at radius 3 is 2.90 bits per heavy atom. The number of rotatable bonds is 4. The number of nitro benzene ring substituents is 1. The van der Waals surface area contributed by atoms with Gasteiger partial charge >= 0.3 is 5.97 Å². The Bertz CT molecular complexity index is 609. The van der Waals surface area contributed by atoms with Gasteiger partial charge in [-0.1, -0.05) is 0 Å². The van der Waals surface area contributed by atoms with Crippen molar-refractivity contribution in [2.75, 3.05) is 11.4 Å². The smallest absolute Gasteiger partial charge is 0.305 e. The summed E-state index contributed by atoms with van der Waals surface area (Å²) in [6, 6.07) is 6.05. The fourth-order valence-corrected chi connectivity index (χ4v) is 2.70. The van der Waals surface area contributed by atoms with Gasteiger partial charge in [0.1, 0.15) is 11.6 Å². The number of anilines is 1. The minimum Gasteiger partial charge on any atom is -0.481 e. The van der Waals surface area contributed by atoms with E-state index in [0.717, 1.165) is 19.3 Å². The molecular formula is C14H15N3O4. The van der Waals surface area contributed by atoms with Crippen LogP contribution < -0.4 is 4.90 Å². The first-order chi connectivity index (χ1) is 10.0. The molecule has 0 amide bonds. The van der Waals surface area contributed by atoms with Gasteiger partial charge in [-0.2, -0.15) is 5.26 Å². The Balaban J connectivity index is 2.35. The van der Waals surface area contributed by atoms with Gasteiger partial charge < -0.3 is 10.0 Å². The number of carbonyl (C=O) groups is 1. The van der Waals surface area contributed by atoms with Crippen LogP contribution in [0.5, 0.6) is 0 Å². The maximum absolute atomic E-state index is 11.0. The molecule has 0 saturated carbocycles. The molecule has 0 aliphatic carbocycles. The molecule has 1 aromatic carbocycles. The Morgan fingerprint density at radius 2 is 2.29 bits per heavy atom. The number of nitriles is 1. The van der Waals surface area contributed by atoms with Crippen LogP contribution in [0.3, 0.4) is 0 Å². The zero-order valence-electron chi connectivity index (χ0n) is 11.4. The lowest BCUT2D eigenvalue weighted by molar-refractivity contribution is -0.385. The summed E-state index contributed by atoms with van der Waals surface area (Å²) in [6.07, 6.45) is 2.63. The van der Waals surface area contributed by atoms with Crippen LogP contribution in [-0.2, 0) is 4.79 Å². The summed E-state index contributed by atoms with van der Waals surface area (Å²) in [7, 11) is 0.